The number of pyridine rings is 1. The maximum Gasteiger partial charge on any atom is 0.262 e. The SMILES string of the molecule is Cc1ccc(C)c(S(=O)(=O)Nc2ccc(N3CCOCC3)nc2)c1. The number of aromatic nitrogens is 1. The fraction of sp³-hybridized carbons (Fsp3) is 0.353. The van der Waals surface area contributed by atoms with Crippen molar-refractivity contribution < 1.29 is 13.2 Å². The molecule has 3 rings (SSSR count). The van der Waals surface area contributed by atoms with E-state index in [1.807, 2.05) is 25.1 Å². The standard InChI is InChI=1S/C17H21N3O3S/c1-13-3-4-14(2)16(11-13)24(21,22)19-15-5-6-17(18-12-15)20-7-9-23-10-8-20/h3-6,11-12,19H,7-10H2,1-2H3. The van der Waals surface area contributed by atoms with Gasteiger partial charge in [0.2, 0.25) is 0 Å². The highest BCUT2D eigenvalue weighted by atomic mass is 32.2. The molecule has 0 aliphatic carbocycles. The van der Waals surface area contributed by atoms with E-state index in [2.05, 4.69) is 14.6 Å². The number of hydrogen-bond donors (Lipinski definition) is 1. The van der Waals surface area contributed by atoms with Gasteiger partial charge >= 0.3 is 0 Å². The lowest BCUT2D eigenvalue weighted by molar-refractivity contribution is 0.122. The van der Waals surface area contributed by atoms with E-state index in [0.717, 1.165) is 24.5 Å². The quantitative estimate of drug-likeness (QED) is 0.919. The first-order valence-corrected chi connectivity index (χ1v) is 9.33. The van der Waals surface area contributed by atoms with Crippen molar-refractivity contribution in [2.24, 2.45) is 0 Å². The Bertz CT molecular complexity index is 813. The first-order chi connectivity index (χ1) is 11.5. The van der Waals surface area contributed by atoms with Crippen LogP contribution in [0.5, 0.6) is 0 Å². The van der Waals surface area contributed by atoms with Crippen molar-refractivity contribution in [1.29, 1.82) is 0 Å². The van der Waals surface area contributed by atoms with Gasteiger partial charge in [0.1, 0.15) is 5.82 Å². The molecule has 6 nitrogen and oxygen atoms in total. The largest absolute Gasteiger partial charge is 0.378 e. The summed E-state index contributed by atoms with van der Waals surface area (Å²) in [5, 5.41) is 0. The molecular weight excluding hydrogens is 326 g/mol. The van der Waals surface area contributed by atoms with Gasteiger partial charge in [-0.05, 0) is 43.2 Å². The smallest absolute Gasteiger partial charge is 0.262 e. The number of sulfonamides is 1. The van der Waals surface area contributed by atoms with E-state index in [9.17, 15) is 8.42 Å². The van der Waals surface area contributed by atoms with Gasteiger partial charge in [-0.2, -0.15) is 0 Å². The van der Waals surface area contributed by atoms with Crippen LogP contribution in [0.2, 0.25) is 0 Å². The van der Waals surface area contributed by atoms with Crippen molar-refractivity contribution in [3.05, 3.63) is 47.7 Å². The molecule has 1 aromatic carbocycles. The summed E-state index contributed by atoms with van der Waals surface area (Å²) < 4.78 is 33.1. The summed E-state index contributed by atoms with van der Waals surface area (Å²) in [6, 6.07) is 8.94. The minimum Gasteiger partial charge on any atom is -0.378 e. The van der Waals surface area contributed by atoms with Crippen LogP contribution in [0.3, 0.4) is 0 Å². The van der Waals surface area contributed by atoms with Crippen LogP contribution in [-0.4, -0.2) is 39.7 Å². The molecule has 0 spiro atoms. The minimum atomic E-state index is -3.63. The highest BCUT2D eigenvalue weighted by Crippen LogP contribution is 2.21. The summed E-state index contributed by atoms with van der Waals surface area (Å²) in [5.74, 6) is 0.827. The van der Waals surface area contributed by atoms with Crippen molar-refractivity contribution in [1.82, 2.24) is 4.98 Å². The van der Waals surface area contributed by atoms with Gasteiger partial charge in [-0.3, -0.25) is 4.72 Å². The molecule has 0 bridgehead atoms. The van der Waals surface area contributed by atoms with Crippen LogP contribution in [0.25, 0.3) is 0 Å². The van der Waals surface area contributed by atoms with Crippen molar-refractivity contribution >= 4 is 21.5 Å². The fourth-order valence-electron chi connectivity index (χ4n) is 2.63. The Balaban J connectivity index is 1.78. The highest BCUT2D eigenvalue weighted by molar-refractivity contribution is 7.92. The number of morpholine rings is 1. The van der Waals surface area contributed by atoms with Crippen molar-refractivity contribution in [3.63, 3.8) is 0 Å². The molecule has 1 N–H and O–H groups in total. The lowest BCUT2D eigenvalue weighted by Crippen LogP contribution is -2.36. The number of rotatable bonds is 4. The van der Waals surface area contributed by atoms with E-state index >= 15 is 0 Å². The molecule has 0 saturated carbocycles. The topological polar surface area (TPSA) is 71.5 Å². The molecule has 1 fully saturated rings. The Labute approximate surface area is 142 Å². The zero-order valence-electron chi connectivity index (χ0n) is 13.8. The second-order valence-corrected chi connectivity index (χ2v) is 7.53. The molecule has 1 aromatic heterocycles. The average molecular weight is 347 g/mol. The van der Waals surface area contributed by atoms with E-state index in [0.29, 0.717) is 29.4 Å². The first-order valence-electron chi connectivity index (χ1n) is 7.84. The summed E-state index contributed by atoms with van der Waals surface area (Å²) in [6.07, 6.45) is 1.55. The lowest BCUT2D eigenvalue weighted by Gasteiger charge is -2.27. The second-order valence-electron chi connectivity index (χ2n) is 5.88. The Morgan fingerprint density at radius 3 is 2.54 bits per heavy atom. The summed E-state index contributed by atoms with van der Waals surface area (Å²) >= 11 is 0. The molecule has 2 aromatic rings. The van der Waals surface area contributed by atoms with E-state index in [1.165, 1.54) is 0 Å². The van der Waals surface area contributed by atoms with Gasteiger partial charge < -0.3 is 9.64 Å². The minimum absolute atomic E-state index is 0.291. The zero-order valence-corrected chi connectivity index (χ0v) is 14.6. The van der Waals surface area contributed by atoms with Crippen LogP contribution in [0.1, 0.15) is 11.1 Å². The van der Waals surface area contributed by atoms with E-state index in [1.54, 1.807) is 25.3 Å². The lowest BCUT2D eigenvalue weighted by atomic mass is 10.2. The molecule has 2 heterocycles. The number of nitrogens with one attached hydrogen (secondary N) is 1. The number of benzene rings is 1. The summed E-state index contributed by atoms with van der Waals surface area (Å²) in [4.78, 5) is 6.77. The summed E-state index contributed by atoms with van der Waals surface area (Å²) in [6.45, 7) is 6.61. The van der Waals surface area contributed by atoms with Crippen LogP contribution >= 0.6 is 0 Å². The number of nitrogens with zero attached hydrogens (tertiary/aromatic N) is 2. The third kappa shape index (κ3) is 3.68. The normalized spacial score (nSPS) is 15.3. The molecule has 1 aliphatic rings. The van der Waals surface area contributed by atoms with Gasteiger partial charge in [0.15, 0.2) is 0 Å². The molecular formula is C17H21N3O3S. The summed E-state index contributed by atoms with van der Waals surface area (Å²) in [5.41, 5.74) is 2.07. The van der Waals surface area contributed by atoms with Gasteiger partial charge in [-0.15, -0.1) is 0 Å². The monoisotopic (exact) mass is 347 g/mol. The number of ether oxygens (including phenoxy) is 1. The first kappa shape index (κ1) is 16.7. The number of anilines is 2. The molecule has 0 atom stereocenters. The summed E-state index contributed by atoms with van der Waals surface area (Å²) in [7, 11) is -3.63. The highest BCUT2D eigenvalue weighted by Gasteiger charge is 2.18. The van der Waals surface area contributed by atoms with Crippen molar-refractivity contribution in [3.8, 4) is 0 Å². The molecule has 1 saturated heterocycles. The van der Waals surface area contributed by atoms with Gasteiger partial charge in [0.25, 0.3) is 10.0 Å². The average Bonchev–Trinajstić information content (AvgIpc) is 2.58. The van der Waals surface area contributed by atoms with Crippen LogP contribution in [0.4, 0.5) is 11.5 Å². The predicted octanol–water partition coefficient (Wildman–Crippen LogP) is 2.34. The Kier molecular flexibility index (Phi) is 4.73. The van der Waals surface area contributed by atoms with Crippen LogP contribution in [0.15, 0.2) is 41.4 Å². The molecule has 0 radical (unpaired) electrons. The molecule has 7 heteroatoms. The number of aryl methyl sites for hydroxylation is 2. The second kappa shape index (κ2) is 6.78. The van der Waals surface area contributed by atoms with E-state index in [-0.39, 0.29) is 0 Å². The molecule has 0 amide bonds. The van der Waals surface area contributed by atoms with Gasteiger partial charge in [-0.1, -0.05) is 12.1 Å². The van der Waals surface area contributed by atoms with Crippen LogP contribution in [0, 0.1) is 13.8 Å². The van der Waals surface area contributed by atoms with Gasteiger partial charge in [0, 0.05) is 13.1 Å². The predicted molar refractivity (Wildman–Crippen MR) is 94.0 cm³/mol. The molecule has 24 heavy (non-hydrogen) atoms. The van der Waals surface area contributed by atoms with Crippen molar-refractivity contribution in [2.45, 2.75) is 18.7 Å². The van der Waals surface area contributed by atoms with Gasteiger partial charge in [-0.25, -0.2) is 13.4 Å². The Hall–Kier alpha value is -2.12. The zero-order chi connectivity index (χ0) is 17.2. The molecule has 0 unspecified atom stereocenters. The Morgan fingerprint density at radius 1 is 1.12 bits per heavy atom. The van der Waals surface area contributed by atoms with Crippen molar-refractivity contribution in [2.75, 3.05) is 35.9 Å². The van der Waals surface area contributed by atoms with E-state index in [4.69, 9.17) is 4.74 Å². The van der Waals surface area contributed by atoms with Crippen LogP contribution in [-0.2, 0) is 14.8 Å². The maximum atomic E-state index is 12.6. The van der Waals surface area contributed by atoms with E-state index < -0.39 is 10.0 Å². The molecule has 128 valence electrons. The third-order valence-corrected chi connectivity index (χ3v) is 5.49. The number of hydrogen-bond acceptors (Lipinski definition) is 5. The third-order valence-electron chi connectivity index (χ3n) is 3.97. The maximum absolute atomic E-state index is 12.6. The fourth-order valence-corrected chi connectivity index (χ4v) is 4.01. The molecule has 1 aliphatic heterocycles. The van der Waals surface area contributed by atoms with Crippen LogP contribution < -0.4 is 9.62 Å². The Morgan fingerprint density at radius 2 is 1.88 bits per heavy atom. The van der Waals surface area contributed by atoms with Gasteiger partial charge in [0.05, 0.1) is 30.0 Å².